The average molecular weight is 328 g/mol. The number of carboxylic acids is 1. The minimum Gasteiger partial charge on any atom is -0.481 e. The number of rotatable bonds is 5. The SMILES string of the molecule is CCCCNC(=O)[C@@H]1C[C@H](C(=O)O)CN(C(=O)OC(C)(C)C)C1. The average Bonchev–Trinajstić information content (AvgIpc) is 2.45. The Morgan fingerprint density at radius 3 is 2.35 bits per heavy atom. The minimum absolute atomic E-state index is 0.0724. The number of carbonyl (C=O) groups is 3. The summed E-state index contributed by atoms with van der Waals surface area (Å²) in [4.78, 5) is 37.1. The second kappa shape index (κ2) is 8.17. The van der Waals surface area contributed by atoms with Crippen LogP contribution in [-0.4, -0.2) is 53.2 Å². The van der Waals surface area contributed by atoms with Crippen molar-refractivity contribution < 1.29 is 24.2 Å². The highest BCUT2D eigenvalue weighted by atomic mass is 16.6. The number of piperidine rings is 1. The number of unbranched alkanes of at least 4 members (excludes halogenated alkanes) is 1. The molecule has 2 N–H and O–H groups in total. The van der Waals surface area contributed by atoms with Crippen LogP contribution in [0.15, 0.2) is 0 Å². The fraction of sp³-hybridized carbons (Fsp3) is 0.812. The van der Waals surface area contributed by atoms with Crippen LogP contribution in [0.1, 0.15) is 47.0 Å². The van der Waals surface area contributed by atoms with Gasteiger partial charge in [0.05, 0.1) is 11.8 Å². The van der Waals surface area contributed by atoms with Crippen LogP contribution in [0.2, 0.25) is 0 Å². The first-order valence-corrected chi connectivity index (χ1v) is 8.12. The number of amides is 2. The monoisotopic (exact) mass is 328 g/mol. The number of carbonyl (C=O) groups excluding carboxylic acids is 2. The van der Waals surface area contributed by atoms with Crippen LogP contribution in [0.3, 0.4) is 0 Å². The Kier molecular flexibility index (Phi) is 6.84. The van der Waals surface area contributed by atoms with Crippen molar-refractivity contribution in [2.24, 2.45) is 11.8 Å². The number of aliphatic carboxylic acids is 1. The number of carboxylic acid groups (broad SMARTS) is 1. The largest absolute Gasteiger partial charge is 0.481 e. The van der Waals surface area contributed by atoms with Crippen molar-refractivity contribution in [2.75, 3.05) is 19.6 Å². The van der Waals surface area contributed by atoms with Gasteiger partial charge in [0.25, 0.3) is 0 Å². The van der Waals surface area contributed by atoms with Crippen LogP contribution in [0.4, 0.5) is 4.79 Å². The maximum absolute atomic E-state index is 12.2. The lowest BCUT2D eigenvalue weighted by Crippen LogP contribution is -2.51. The van der Waals surface area contributed by atoms with E-state index in [0.717, 1.165) is 12.8 Å². The molecule has 7 nitrogen and oxygen atoms in total. The lowest BCUT2D eigenvalue weighted by atomic mass is 9.88. The predicted octanol–water partition coefficient (Wildman–Crippen LogP) is 1.86. The number of likely N-dealkylation sites (tertiary alicyclic amines) is 1. The van der Waals surface area contributed by atoms with E-state index >= 15 is 0 Å². The molecule has 1 aliphatic heterocycles. The van der Waals surface area contributed by atoms with Crippen molar-refractivity contribution in [3.05, 3.63) is 0 Å². The van der Waals surface area contributed by atoms with Crippen LogP contribution in [0, 0.1) is 11.8 Å². The summed E-state index contributed by atoms with van der Waals surface area (Å²) in [6, 6.07) is 0. The van der Waals surface area contributed by atoms with E-state index in [9.17, 15) is 19.5 Å². The van der Waals surface area contributed by atoms with E-state index in [1.165, 1.54) is 4.90 Å². The lowest BCUT2D eigenvalue weighted by Gasteiger charge is -2.36. The molecule has 0 bridgehead atoms. The van der Waals surface area contributed by atoms with E-state index in [4.69, 9.17) is 4.74 Å². The van der Waals surface area contributed by atoms with Crippen LogP contribution in [-0.2, 0) is 14.3 Å². The molecule has 1 saturated heterocycles. The molecule has 1 aliphatic rings. The van der Waals surface area contributed by atoms with Gasteiger partial charge in [0.1, 0.15) is 5.60 Å². The van der Waals surface area contributed by atoms with Crippen molar-refractivity contribution in [3.63, 3.8) is 0 Å². The summed E-state index contributed by atoms with van der Waals surface area (Å²) >= 11 is 0. The van der Waals surface area contributed by atoms with Gasteiger partial charge in [-0.15, -0.1) is 0 Å². The van der Waals surface area contributed by atoms with Gasteiger partial charge >= 0.3 is 12.1 Å². The molecule has 0 aromatic rings. The van der Waals surface area contributed by atoms with Gasteiger partial charge in [0, 0.05) is 19.6 Å². The molecule has 0 aromatic heterocycles. The van der Waals surface area contributed by atoms with Gasteiger partial charge in [-0.1, -0.05) is 13.3 Å². The molecule has 2 amide bonds. The molecule has 7 heteroatoms. The Morgan fingerprint density at radius 2 is 1.83 bits per heavy atom. The molecule has 0 aliphatic carbocycles. The van der Waals surface area contributed by atoms with Gasteiger partial charge in [-0.3, -0.25) is 9.59 Å². The maximum Gasteiger partial charge on any atom is 0.410 e. The van der Waals surface area contributed by atoms with Crippen molar-refractivity contribution in [3.8, 4) is 0 Å². The third-order valence-electron chi connectivity index (χ3n) is 3.65. The zero-order chi connectivity index (χ0) is 17.6. The number of hydrogen-bond donors (Lipinski definition) is 2. The Bertz CT molecular complexity index is 444. The van der Waals surface area contributed by atoms with Crippen molar-refractivity contribution in [2.45, 2.75) is 52.6 Å². The van der Waals surface area contributed by atoms with E-state index in [2.05, 4.69) is 5.32 Å². The van der Waals surface area contributed by atoms with Crippen LogP contribution in [0.25, 0.3) is 0 Å². The Hall–Kier alpha value is -1.79. The van der Waals surface area contributed by atoms with Crippen molar-refractivity contribution >= 4 is 18.0 Å². The highest BCUT2D eigenvalue weighted by Gasteiger charge is 2.38. The molecule has 0 unspecified atom stereocenters. The van der Waals surface area contributed by atoms with E-state index in [-0.39, 0.29) is 25.4 Å². The zero-order valence-corrected chi connectivity index (χ0v) is 14.4. The normalized spacial score (nSPS) is 21.7. The summed E-state index contributed by atoms with van der Waals surface area (Å²) in [5.41, 5.74) is -0.661. The Labute approximate surface area is 137 Å². The molecule has 0 saturated carbocycles. The summed E-state index contributed by atoms with van der Waals surface area (Å²) < 4.78 is 5.29. The zero-order valence-electron chi connectivity index (χ0n) is 14.4. The van der Waals surface area contributed by atoms with E-state index in [1.807, 2.05) is 6.92 Å². The summed E-state index contributed by atoms with van der Waals surface area (Å²) in [6.45, 7) is 8.10. The number of nitrogens with zero attached hydrogens (tertiary/aromatic N) is 1. The quantitative estimate of drug-likeness (QED) is 0.751. The summed E-state index contributed by atoms with van der Waals surface area (Å²) in [7, 11) is 0. The second-order valence-electron chi connectivity index (χ2n) is 7.00. The van der Waals surface area contributed by atoms with Crippen LogP contribution >= 0.6 is 0 Å². The number of hydrogen-bond acceptors (Lipinski definition) is 4. The second-order valence-corrected chi connectivity index (χ2v) is 7.00. The van der Waals surface area contributed by atoms with Gasteiger partial charge in [-0.25, -0.2) is 4.79 Å². The van der Waals surface area contributed by atoms with Crippen LogP contribution in [0.5, 0.6) is 0 Å². The van der Waals surface area contributed by atoms with E-state index in [1.54, 1.807) is 20.8 Å². The van der Waals surface area contributed by atoms with Gasteiger partial charge in [-0.05, 0) is 33.6 Å². The number of nitrogens with one attached hydrogen (secondary N) is 1. The maximum atomic E-state index is 12.2. The first-order chi connectivity index (χ1) is 10.6. The van der Waals surface area contributed by atoms with Gasteiger partial charge in [0.2, 0.25) is 5.91 Å². The highest BCUT2D eigenvalue weighted by Crippen LogP contribution is 2.24. The minimum atomic E-state index is -0.996. The summed E-state index contributed by atoms with van der Waals surface area (Å²) in [5, 5.41) is 12.1. The molecule has 1 heterocycles. The summed E-state index contributed by atoms with van der Waals surface area (Å²) in [5.74, 6) is -2.46. The molecule has 132 valence electrons. The molecule has 23 heavy (non-hydrogen) atoms. The van der Waals surface area contributed by atoms with Crippen molar-refractivity contribution in [1.82, 2.24) is 10.2 Å². The first-order valence-electron chi connectivity index (χ1n) is 8.12. The predicted molar refractivity (Wildman–Crippen MR) is 85.0 cm³/mol. The highest BCUT2D eigenvalue weighted by molar-refractivity contribution is 5.82. The van der Waals surface area contributed by atoms with Crippen molar-refractivity contribution in [1.29, 1.82) is 0 Å². The lowest BCUT2D eigenvalue weighted by molar-refractivity contribution is -0.145. The van der Waals surface area contributed by atoms with E-state index < -0.39 is 29.5 Å². The van der Waals surface area contributed by atoms with Gasteiger partial charge in [-0.2, -0.15) is 0 Å². The fourth-order valence-corrected chi connectivity index (χ4v) is 2.48. The fourth-order valence-electron chi connectivity index (χ4n) is 2.48. The third-order valence-corrected chi connectivity index (χ3v) is 3.65. The molecule has 0 radical (unpaired) electrons. The molecular weight excluding hydrogens is 300 g/mol. The Morgan fingerprint density at radius 1 is 1.22 bits per heavy atom. The number of ether oxygens (including phenoxy) is 1. The van der Waals surface area contributed by atoms with Gasteiger partial charge in [0.15, 0.2) is 0 Å². The molecule has 0 aromatic carbocycles. The molecule has 0 spiro atoms. The van der Waals surface area contributed by atoms with Crippen LogP contribution < -0.4 is 5.32 Å². The molecule has 1 rings (SSSR count). The first kappa shape index (κ1) is 19.3. The standard InChI is InChI=1S/C16H28N2O5/c1-5-6-7-17-13(19)11-8-12(14(20)21)10-18(9-11)15(22)23-16(2,3)4/h11-12H,5-10H2,1-4H3,(H,17,19)(H,20,21)/t11-,12+/m1/s1. The van der Waals surface area contributed by atoms with Gasteiger partial charge < -0.3 is 20.1 Å². The topological polar surface area (TPSA) is 95.9 Å². The third kappa shape index (κ3) is 6.46. The Balaban J connectivity index is 2.74. The van der Waals surface area contributed by atoms with E-state index in [0.29, 0.717) is 6.54 Å². The molecular formula is C16H28N2O5. The summed E-state index contributed by atoms with van der Waals surface area (Å²) in [6.07, 6.45) is 1.51. The molecule has 2 atom stereocenters. The smallest absolute Gasteiger partial charge is 0.410 e. The molecule has 1 fully saturated rings.